The van der Waals surface area contributed by atoms with Crippen LogP contribution in [0.2, 0.25) is 0 Å². The van der Waals surface area contributed by atoms with E-state index in [1.54, 1.807) is 36.4 Å². The van der Waals surface area contributed by atoms with Crippen molar-refractivity contribution in [3.8, 4) is 17.6 Å². The molecule has 3 rings (SSSR count). The van der Waals surface area contributed by atoms with Crippen molar-refractivity contribution >= 4 is 22.9 Å². The molecule has 0 unspecified atom stereocenters. The second kappa shape index (κ2) is 9.01. The zero-order chi connectivity index (χ0) is 20.6. The van der Waals surface area contributed by atoms with E-state index in [-0.39, 0.29) is 17.3 Å². The first-order valence-electron chi connectivity index (χ1n) is 8.39. The fourth-order valence-electron chi connectivity index (χ4n) is 2.46. The highest BCUT2D eigenvalue weighted by atomic mass is 16.5. The van der Waals surface area contributed by atoms with Gasteiger partial charge in [-0.25, -0.2) is 0 Å². The monoisotopic (exact) mass is 391 g/mol. The van der Waals surface area contributed by atoms with Gasteiger partial charge in [-0.3, -0.25) is 4.79 Å². The van der Waals surface area contributed by atoms with Gasteiger partial charge in [0.05, 0.1) is 25.6 Å². The van der Waals surface area contributed by atoms with Crippen molar-refractivity contribution < 1.29 is 14.3 Å². The number of H-pyrrole nitrogens is 1. The van der Waals surface area contributed by atoms with Crippen LogP contribution >= 0.6 is 0 Å². The van der Waals surface area contributed by atoms with Gasteiger partial charge in [0.2, 0.25) is 5.82 Å². The lowest BCUT2D eigenvalue weighted by Crippen LogP contribution is -2.13. The van der Waals surface area contributed by atoms with E-state index in [0.717, 1.165) is 0 Å². The van der Waals surface area contributed by atoms with E-state index in [2.05, 4.69) is 31.3 Å². The molecule has 0 spiro atoms. The third-order valence-electron chi connectivity index (χ3n) is 3.88. The molecule has 0 aliphatic heterocycles. The molecule has 146 valence electrons. The smallest absolute Gasteiger partial charge is 0.255 e. The first-order chi connectivity index (χ1) is 14.2. The van der Waals surface area contributed by atoms with E-state index in [9.17, 15) is 10.1 Å². The third-order valence-corrected chi connectivity index (χ3v) is 3.88. The Balaban J connectivity index is 1.88. The largest absolute Gasteiger partial charge is 0.494 e. The molecule has 1 amide bonds. The Labute approximate surface area is 166 Å². The minimum atomic E-state index is -0.282. The number of carbonyl (C=O) groups is 1. The number of nitriles is 1. The maximum absolute atomic E-state index is 12.5. The van der Waals surface area contributed by atoms with Crippen LogP contribution in [0.15, 0.2) is 48.7 Å². The van der Waals surface area contributed by atoms with Gasteiger partial charge in [-0.2, -0.15) is 10.5 Å². The summed E-state index contributed by atoms with van der Waals surface area (Å²) in [6, 6.07) is 14.1. The summed E-state index contributed by atoms with van der Waals surface area (Å²) >= 11 is 0. The van der Waals surface area contributed by atoms with Crippen molar-refractivity contribution in [1.29, 1.82) is 5.26 Å². The molecule has 0 aliphatic carbocycles. The third kappa shape index (κ3) is 4.48. The number of hydrogen-bond donors (Lipinski definition) is 3. The standard InChI is InChI=1S/C19H17N7O3/c1-28-16-9-15(22-19(27)12-6-4-3-5-7-12)17(29-2)8-14(16)21-11-13(10-20)18-23-25-26-24-18/h3-9,11,21H,1-2H3,(H,22,27)(H,23,24,25,26). The van der Waals surface area contributed by atoms with Crippen LogP contribution in [0.4, 0.5) is 11.4 Å². The van der Waals surface area contributed by atoms with Crippen LogP contribution in [-0.2, 0) is 0 Å². The van der Waals surface area contributed by atoms with Crippen LogP contribution in [0.1, 0.15) is 16.2 Å². The van der Waals surface area contributed by atoms with E-state index in [4.69, 9.17) is 9.47 Å². The van der Waals surface area contributed by atoms with Gasteiger partial charge in [-0.05, 0) is 17.3 Å². The van der Waals surface area contributed by atoms with Gasteiger partial charge in [0, 0.05) is 23.9 Å². The number of nitrogens with one attached hydrogen (secondary N) is 3. The lowest BCUT2D eigenvalue weighted by Gasteiger charge is -2.15. The molecule has 0 saturated carbocycles. The van der Waals surface area contributed by atoms with Gasteiger partial charge in [-0.1, -0.05) is 18.2 Å². The number of benzene rings is 2. The number of rotatable bonds is 7. The predicted molar refractivity (Wildman–Crippen MR) is 105 cm³/mol. The highest BCUT2D eigenvalue weighted by molar-refractivity contribution is 6.05. The number of allylic oxidation sites excluding steroid dienone is 1. The van der Waals surface area contributed by atoms with Gasteiger partial charge in [0.25, 0.3) is 5.91 Å². The first-order valence-corrected chi connectivity index (χ1v) is 8.39. The van der Waals surface area contributed by atoms with Gasteiger partial charge in [0.1, 0.15) is 23.1 Å². The Bertz CT molecular complexity index is 1060. The topological polar surface area (TPSA) is 138 Å². The summed E-state index contributed by atoms with van der Waals surface area (Å²) in [7, 11) is 2.98. The van der Waals surface area contributed by atoms with E-state index in [1.165, 1.54) is 20.4 Å². The number of aromatic nitrogens is 4. The number of carbonyl (C=O) groups excluding carboxylic acids is 1. The molecule has 0 aliphatic rings. The zero-order valence-electron chi connectivity index (χ0n) is 15.6. The number of methoxy groups -OCH3 is 2. The molecule has 10 nitrogen and oxygen atoms in total. The summed E-state index contributed by atoms with van der Waals surface area (Å²) in [5.41, 5.74) is 1.63. The summed E-state index contributed by atoms with van der Waals surface area (Å²) < 4.78 is 10.8. The summed E-state index contributed by atoms with van der Waals surface area (Å²) in [5.74, 6) is 0.702. The molecule has 10 heteroatoms. The molecule has 0 radical (unpaired) electrons. The first kappa shape index (κ1) is 19.4. The number of ether oxygens (including phenoxy) is 2. The highest BCUT2D eigenvalue weighted by Crippen LogP contribution is 2.37. The molecule has 1 aromatic heterocycles. The van der Waals surface area contributed by atoms with Crippen molar-refractivity contribution in [2.75, 3.05) is 24.9 Å². The Hall–Kier alpha value is -4.39. The van der Waals surface area contributed by atoms with Crippen molar-refractivity contribution in [2.24, 2.45) is 0 Å². The Morgan fingerprint density at radius 1 is 1.14 bits per heavy atom. The molecule has 2 aromatic carbocycles. The fourth-order valence-corrected chi connectivity index (χ4v) is 2.46. The van der Waals surface area contributed by atoms with Gasteiger partial charge < -0.3 is 20.1 Å². The molecule has 1 heterocycles. The SMILES string of the molecule is COc1cc(NC(=O)c2ccccc2)c(OC)cc1NC=C(C#N)c1nn[nH]n1. The van der Waals surface area contributed by atoms with E-state index >= 15 is 0 Å². The van der Waals surface area contributed by atoms with Crippen molar-refractivity contribution in [2.45, 2.75) is 0 Å². The van der Waals surface area contributed by atoms with E-state index in [1.807, 2.05) is 12.1 Å². The van der Waals surface area contributed by atoms with Crippen LogP contribution in [0.3, 0.4) is 0 Å². The molecule has 29 heavy (non-hydrogen) atoms. The molecule has 0 bridgehead atoms. The summed E-state index contributed by atoms with van der Waals surface area (Å²) in [6.45, 7) is 0. The number of amides is 1. The van der Waals surface area contributed by atoms with Crippen molar-refractivity contribution in [1.82, 2.24) is 20.6 Å². The maximum Gasteiger partial charge on any atom is 0.255 e. The molecule has 3 aromatic rings. The predicted octanol–water partition coefficient (Wildman–Crippen LogP) is 2.45. The van der Waals surface area contributed by atoms with E-state index < -0.39 is 0 Å². The minimum Gasteiger partial charge on any atom is -0.494 e. The van der Waals surface area contributed by atoms with Crippen LogP contribution in [0.25, 0.3) is 5.57 Å². The Morgan fingerprint density at radius 3 is 2.45 bits per heavy atom. The fraction of sp³-hybridized carbons (Fsp3) is 0.105. The molecule has 0 fully saturated rings. The maximum atomic E-state index is 12.5. The number of anilines is 2. The van der Waals surface area contributed by atoms with Gasteiger partial charge in [-0.15, -0.1) is 10.2 Å². The molecular weight excluding hydrogens is 374 g/mol. The number of hydrogen-bond acceptors (Lipinski definition) is 8. The van der Waals surface area contributed by atoms with Crippen LogP contribution < -0.4 is 20.1 Å². The normalized spacial score (nSPS) is 10.7. The van der Waals surface area contributed by atoms with Gasteiger partial charge in [0.15, 0.2) is 0 Å². The molecule has 0 saturated heterocycles. The zero-order valence-corrected chi connectivity index (χ0v) is 15.6. The average molecular weight is 391 g/mol. The Morgan fingerprint density at radius 2 is 1.83 bits per heavy atom. The minimum absolute atomic E-state index is 0.151. The van der Waals surface area contributed by atoms with E-state index in [0.29, 0.717) is 28.4 Å². The lowest BCUT2D eigenvalue weighted by molar-refractivity contribution is 0.102. The molecule has 3 N–H and O–H groups in total. The second-order valence-corrected chi connectivity index (χ2v) is 5.62. The number of tetrazole rings is 1. The van der Waals surface area contributed by atoms with Crippen molar-refractivity contribution in [3.05, 3.63) is 60.1 Å². The summed E-state index contributed by atoms with van der Waals surface area (Å²) in [4.78, 5) is 12.5. The van der Waals surface area contributed by atoms with Crippen LogP contribution in [-0.4, -0.2) is 40.8 Å². The quantitative estimate of drug-likeness (QED) is 0.522. The van der Waals surface area contributed by atoms with Crippen molar-refractivity contribution in [3.63, 3.8) is 0 Å². The average Bonchev–Trinajstić information content (AvgIpc) is 3.29. The number of nitrogens with zero attached hydrogens (tertiary/aromatic N) is 4. The lowest BCUT2D eigenvalue weighted by atomic mass is 10.2. The highest BCUT2D eigenvalue weighted by Gasteiger charge is 2.15. The summed E-state index contributed by atoms with van der Waals surface area (Å²) in [5, 5.41) is 28.3. The molecular formula is C19H17N7O3. The van der Waals surface area contributed by atoms with Gasteiger partial charge >= 0.3 is 0 Å². The second-order valence-electron chi connectivity index (χ2n) is 5.62. The van der Waals surface area contributed by atoms with Crippen LogP contribution in [0.5, 0.6) is 11.5 Å². The number of aromatic amines is 1. The molecule has 0 atom stereocenters. The summed E-state index contributed by atoms with van der Waals surface area (Å²) in [6.07, 6.45) is 1.42. The van der Waals surface area contributed by atoms with Crippen LogP contribution in [0, 0.1) is 11.3 Å². The Kier molecular flexibility index (Phi) is 6.02.